The van der Waals surface area contributed by atoms with Crippen LogP contribution >= 0.6 is 11.6 Å². The molecule has 1 N–H and O–H groups in total. The van der Waals surface area contributed by atoms with Gasteiger partial charge in [-0.15, -0.1) is 0 Å². The Morgan fingerprint density at radius 2 is 2.33 bits per heavy atom. The van der Waals surface area contributed by atoms with E-state index < -0.39 is 11.5 Å². The number of hydrogen-bond donors (Lipinski definition) is 1. The van der Waals surface area contributed by atoms with Crippen molar-refractivity contribution in [2.45, 2.75) is 0 Å². The first-order valence-corrected chi connectivity index (χ1v) is 4.46. The molecule has 1 aromatic heterocycles. The molecule has 0 fully saturated rings. The fourth-order valence-corrected chi connectivity index (χ4v) is 1.37. The molecule has 0 saturated heterocycles. The van der Waals surface area contributed by atoms with Crippen LogP contribution in [0.5, 0.6) is 0 Å². The standard InChI is InChI=1S/C8H10ClN3O3/c1-11(4-6(13)14)5-3-10-12(2)8(15)7(5)9/h3H,4H2,1-2H3,(H,13,14). The number of carboxylic acids is 1. The van der Waals surface area contributed by atoms with E-state index in [2.05, 4.69) is 5.10 Å². The van der Waals surface area contributed by atoms with Gasteiger partial charge in [-0.1, -0.05) is 11.6 Å². The van der Waals surface area contributed by atoms with Gasteiger partial charge in [-0.25, -0.2) is 4.68 Å². The topological polar surface area (TPSA) is 75.4 Å². The van der Waals surface area contributed by atoms with Gasteiger partial charge in [0.05, 0.1) is 11.9 Å². The number of hydrogen-bond acceptors (Lipinski definition) is 4. The smallest absolute Gasteiger partial charge is 0.323 e. The molecule has 0 aliphatic rings. The van der Waals surface area contributed by atoms with Crippen molar-refractivity contribution >= 4 is 23.3 Å². The van der Waals surface area contributed by atoms with Gasteiger partial charge in [0.1, 0.15) is 11.6 Å². The third-order valence-electron chi connectivity index (χ3n) is 1.84. The predicted octanol–water partition coefficient (Wildman–Crippen LogP) is -0.0455. The molecule has 0 saturated carbocycles. The normalized spacial score (nSPS) is 10.1. The van der Waals surface area contributed by atoms with E-state index in [0.29, 0.717) is 5.69 Å². The van der Waals surface area contributed by atoms with E-state index in [0.717, 1.165) is 4.68 Å². The summed E-state index contributed by atoms with van der Waals surface area (Å²) < 4.78 is 1.08. The maximum Gasteiger partial charge on any atom is 0.323 e. The van der Waals surface area contributed by atoms with Crippen molar-refractivity contribution in [3.8, 4) is 0 Å². The van der Waals surface area contributed by atoms with Crippen LogP contribution in [0, 0.1) is 0 Å². The van der Waals surface area contributed by atoms with E-state index in [-0.39, 0.29) is 11.6 Å². The summed E-state index contributed by atoms with van der Waals surface area (Å²) in [5.41, 5.74) is -0.145. The molecule has 0 aromatic carbocycles. The molecule has 1 rings (SSSR count). The highest BCUT2D eigenvalue weighted by molar-refractivity contribution is 6.33. The molecule has 0 bridgehead atoms. The molecule has 1 aromatic rings. The van der Waals surface area contributed by atoms with Crippen molar-refractivity contribution in [3.63, 3.8) is 0 Å². The van der Waals surface area contributed by atoms with Gasteiger partial charge in [0.2, 0.25) is 0 Å². The molecule has 6 nitrogen and oxygen atoms in total. The number of carbonyl (C=O) groups is 1. The lowest BCUT2D eigenvalue weighted by Gasteiger charge is -2.17. The Balaban J connectivity index is 3.11. The summed E-state index contributed by atoms with van der Waals surface area (Å²) in [6.45, 7) is -0.242. The summed E-state index contributed by atoms with van der Waals surface area (Å²) >= 11 is 5.77. The van der Waals surface area contributed by atoms with Gasteiger partial charge >= 0.3 is 5.97 Å². The Hall–Kier alpha value is -1.56. The Morgan fingerprint density at radius 1 is 1.73 bits per heavy atom. The number of anilines is 1. The summed E-state index contributed by atoms with van der Waals surface area (Å²) in [6.07, 6.45) is 1.35. The number of aromatic nitrogens is 2. The second-order valence-electron chi connectivity index (χ2n) is 3.02. The van der Waals surface area contributed by atoms with Gasteiger partial charge < -0.3 is 10.0 Å². The van der Waals surface area contributed by atoms with Crippen LogP contribution in [0.15, 0.2) is 11.0 Å². The number of halogens is 1. The maximum atomic E-state index is 11.4. The largest absolute Gasteiger partial charge is 0.480 e. The molecule has 7 heteroatoms. The fourth-order valence-electron chi connectivity index (χ4n) is 1.06. The first kappa shape index (κ1) is 11.5. The van der Waals surface area contributed by atoms with Gasteiger partial charge in [-0.05, 0) is 0 Å². The van der Waals surface area contributed by atoms with Crippen LogP contribution in [0.2, 0.25) is 5.02 Å². The van der Waals surface area contributed by atoms with Gasteiger partial charge in [-0.2, -0.15) is 5.10 Å². The molecule has 0 aliphatic heterocycles. The van der Waals surface area contributed by atoms with E-state index in [9.17, 15) is 9.59 Å². The van der Waals surface area contributed by atoms with Crippen molar-refractivity contribution in [1.82, 2.24) is 9.78 Å². The molecular weight excluding hydrogens is 222 g/mol. The molecule has 82 valence electrons. The summed E-state index contributed by atoms with van der Waals surface area (Å²) in [7, 11) is 2.99. The average Bonchev–Trinajstić information content (AvgIpc) is 2.13. The van der Waals surface area contributed by atoms with E-state index in [1.807, 2.05) is 0 Å². The Morgan fingerprint density at radius 3 is 2.87 bits per heavy atom. The zero-order valence-corrected chi connectivity index (χ0v) is 9.02. The van der Waals surface area contributed by atoms with Crippen LogP contribution in [0.25, 0.3) is 0 Å². The molecule has 15 heavy (non-hydrogen) atoms. The molecule has 0 aliphatic carbocycles. The highest BCUT2D eigenvalue weighted by atomic mass is 35.5. The lowest BCUT2D eigenvalue weighted by atomic mass is 10.4. The highest BCUT2D eigenvalue weighted by Gasteiger charge is 2.13. The lowest BCUT2D eigenvalue weighted by molar-refractivity contribution is -0.135. The number of aryl methyl sites for hydroxylation is 1. The van der Waals surface area contributed by atoms with Gasteiger partial charge in [0.25, 0.3) is 5.56 Å². The van der Waals surface area contributed by atoms with E-state index in [1.54, 1.807) is 0 Å². The number of aliphatic carboxylic acids is 1. The molecule has 0 unspecified atom stereocenters. The summed E-state index contributed by atoms with van der Waals surface area (Å²) in [6, 6.07) is 0. The zero-order chi connectivity index (χ0) is 11.6. The van der Waals surface area contributed by atoms with Crippen LogP contribution in [0.4, 0.5) is 5.69 Å². The van der Waals surface area contributed by atoms with Crippen molar-refractivity contribution in [1.29, 1.82) is 0 Å². The van der Waals surface area contributed by atoms with E-state index >= 15 is 0 Å². The minimum Gasteiger partial charge on any atom is -0.480 e. The molecule has 0 amide bonds. The van der Waals surface area contributed by atoms with E-state index in [1.165, 1.54) is 25.2 Å². The van der Waals surface area contributed by atoms with Crippen LogP contribution in [-0.4, -0.2) is 34.4 Å². The van der Waals surface area contributed by atoms with Crippen molar-refractivity contribution < 1.29 is 9.90 Å². The predicted molar refractivity (Wildman–Crippen MR) is 55.4 cm³/mol. The second kappa shape index (κ2) is 4.31. The van der Waals surface area contributed by atoms with Gasteiger partial charge in [0, 0.05) is 14.1 Å². The molecule has 0 radical (unpaired) electrons. The second-order valence-corrected chi connectivity index (χ2v) is 3.40. The molecule has 0 spiro atoms. The lowest BCUT2D eigenvalue weighted by Crippen LogP contribution is -2.29. The number of carboxylic acid groups (broad SMARTS) is 1. The summed E-state index contributed by atoms with van der Waals surface area (Å²) in [5, 5.41) is 12.3. The van der Waals surface area contributed by atoms with Crippen LogP contribution in [0.3, 0.4) is 0 Å². The maximum absolute atomic E-state index is 11.4. The van der Waals surface area contributed by atoms with Gasteiger partial charge in [0.15, 0.2) is 0 Å². The zero-order valence-electron chi connectivity index (χ0n) is 8.27. The summed E-state index contributed by atoms with van der Waals surface area (Å²) in [4.78, 5) is 23.2. The number of nitrogens with zero attached hydrogens (tertiary/aromatic N) is 3. The average molecular weight is 232 g/mol. The van der Waals surface area contributed by atoms with Crippen molar-refractivity contribution in [3.05, 3.63) is 21.6 Å². The number of likely N-dealkylation sites (N-methyl/N-ethyl adjacent to an activating group) is 1. The quantitative estimate of drug-likeness (QED) is 0.790. The first-order valence-electron chi connectivity index (χ1n) is 4.08. The highest BCUT2D eigenvalue weighted by Crippen LogP contribution is 2.18. The number of rotatable bonds is 3. The minimum absolute atomic E-state index is 0.0312. The fraction of sp³-hybridized carbons (Fsp3) is 0.375. The van der Waals surface area contributed by atoms with Crippen LogP contribution in [0.1, 0.15) is 0 Å². The monoisotopic (exact) mass is 231 g/mol. The third kappa shape index (κ3) is 2.47. The molecular formula is C8H10ClN3O3. The Labute approximate surface area is 90.7 Å². The summed E-state index contributed by atoms with van der Waals surface area (Å²) in [5.74, 6) is -1.01. The molecule has 1 heterocycles. The van der Waals surface area contributed by atoms with Crippen LogP contribution < -0.4 is 10.5 Å². The molecule has 0 atom stereocenters. The Kier molecular flexibility index (Phi) is 3.31. The van der Waals surface area contributed by atoms with Gasteiger partial charge in [-0.3, -0.25) is 9.59 Å². The van der Waals surface area contributed by atoms with Crippen LogP contribution in [-0.2, 0) is 11.8 Å². The Bertz CT molecular complexity index is 443. The first-order chi connectivity index (χ1) is 6.93. The third-order valence-corrected chi connectivity index (χ3v) is 2.20. The minimum atomic E-state index is -1.01. The van der Waals surface area contributed by atoms with Crippen molar-refractivity contribution in [2.75, 3.05) is 18.5 Å². The van der Waals surface area contributed by atoms with Crippen molar-refractivity contribution in [2.24, 2.45) is 7.05 Å². The SMILES string of the molecule is CN(CC(=O)O)c1cnn(C)c(=O)c1Cl. The van der Waals surface area contributed by atoms with E-state index in [4.69, 9.17) is 16.7 Å².